The topological polar surface area (TPSA) is 37.4 Å². The zero-order valence-electron chi connectivity index (χ0n) is 11.7. The van der Waals surface area contributed by atoms with Gasteiger partial charge in [0.05, 0.1) is 11.1 Å². The van der Waals surface area contributed by atoms with Crippen LogP contribution in [0.2, 0.25) is 5.02 Å². The molecule has 1 unspecified atom stereocenters. The normalized spacial score (nSPS) is 18.8. The van der Waals surface area contributed by atoms with Crippen LogP contribution in [0.25, 0.3) is 0 Å². The predicted molar refractivity (Wildman–Crippen MR) is 78.9 cm³/mol. The highest BCUT2D eigenvalue weighted by Gasteiger charge is 2.20. The zero-order chi connectivity index (χ0) is 13.7. The minimum atomic E-state index is 0.315. The molecule has 1 fully saturated rings. The van der Waals surface area contributed by atoms with E-state index in [0.29, 0.717) is 11.1 Å². The molecule has 4 nitrogen and oxygen atoms in total. The summed E-state index contributed by atoms with van der Waals surface area (Å²) < 4.78 is 5.69. The molecule has 0 aliphatic carbocycles. The second-order valence-electron chi connectivity index (χ2n) is 4.85. The van der Waals surface area contributed by atoms with E-state index < -0.39 is 0 Å². The first kappa shape index (κ1) is 14.6. The van der Waals surface area contributed by atoms with Gasteiger partial charge in [0, 0.05) is 32.4 Å². The number of nitrogens with one attached hydrogen (secondary N) is 1. The number of nitrogens with zero attached hydrogens (tertiary/aromatic N) is 2. The second kappa shape index (κ2) is 7.08. The molecule has 2 heterocycles. The monoisotopic (exact) mass is 283 g/mol. The first-order chi connectivity index (χ1) is 9.24. The van der Waals surface area contributed by atoms with Gasteiger partial charge in [0.15, 0.2) is 0 Å². The highest BCUT2D eigenvalue weighted by Crippen LogP contribution is 2.25. The molecule has 1 N–H and O–H groups in total. The van der Waals surface area contributed by atoms with Gasteiger partial charge < -0.3 is 15.0 Å². The Morgan fingerprint density at radius 1 is 1.58 bits per heavy atom. The van der Waals surface area contributed by atoms with Gasteiger partial charge in [0.1, 0.15) is 5.82 Å². The molecule has 0 spiro atoms. The van der Waals surface area contributed by atoms with Crippen molar-refractivity contribution in [3.05, 3.63) is 22.8 Å². The Bertz CT molecular complexity index is 408. The Labute approximate surface area is 120 Å². The molecule has 1 saturated heterocycles. The zero-order valence-corrected chi connectivity index (χ0v) is 12.4. The van der Waals surface area contributed by atoms with Crippen LogP contribution in [0.1, 0.15) is 25.3 Å². The summed E-state index contributed by atoms with van der Waals surface area (Å²) in [7, 11) is 1.91. The Kier molecular flexibility index (Phi) is 5.43. The summed E-state index contributed by atoms with van der Waals surface area (Å²) in [5.74, 6) is 0.861. The van der Waals surface area contributed by atoms with Gasteiger partial charge in [-0.2, -0.15) is 0 Å². The Hall–Kier alpha value is -0.840. The smallest absolute Gasteiger partial charge is 0.147 e. The lowest BCUT2D eigenvalue weighted by atomic mass is 10.2. The molecule has 1 aromatic rings. The van der Waals surface area contributed by atoms with E-state index in [9.17, 15) is 0 Å². The van der Waals surface area contributed by atoms with Crippen LogP contribution < -0.4 is 10.2 Å². The van der Waals surface area contributed by atoms with Crippen molar-refractivity contribution in [3.8, 4) is 0 Å². The van der Waals surface area contributed by atoms with Crippen molar-refractivity contribution >= 4 is 17.4 Å². The average Bonchev–Trinajstić information content (AvgIpc) is 2.90. The lowest BCUT2D eigenvalue weighted by Gasteiger charge is -2.26. The van der Waals surface area contributed by atoms with Gasteiger partial charge in [-0.15, -0.1) is 0 Å². The summed E-state index contributed by atoms with van der Waals surface area (Å²) in [6.07, 6.45) is 4.49. The fourth-order valence-electron chi connectivity index (χ4n) is 2.40. The van der Waals surface area contributed by atoms with E-state index >= 15 is 0 Å². The third kappa shape index (κ3) is 3.81. The molecule has 0 aromatic carbocycles. The summed E-state index contributed by atoms with van der Waals surface area (Å²) in [6, 6.07) is 1.98. The highest BCUT2D eigenvalue weighted by atomic mass is 35.5. The van der Waals surface area contributed by atoms with Crippen molar-refractivity contribution in [1.82, 2.24) is 10.3 Å². The van der Waals surface area contributed by atoms with Crippen molar-refractivity contribution in [3.63, 3.8) is 0 Å². The van der Waals surface area contributed by atoms with Gasteiger partial charge in [-0.1, -0.05) is 11.6 Å². The Morgan fingerprint density at radius 3 is 3.00 bits per heavy atom. The largest absolute Gasteiger partial charge is 0.376 e. The van der Waals surface area contributed by atoms with Crippen LogP contribution >= 0.6 is 11.6 Å². The van der Waals surface area contributed by atoms with Crippen molar-refractivity contribution < 1.29 is 4.74 Å². The van der Waals surface area contributed by atoms with E-state index in [1.54, 1.807) is 0 Å². The molecule has 1 aromatic heterocycles. The fourth-order valence-corrected chi connectivity index (χ4v) is 2.71. The molecule has 1 aliphatic rings. The summed E-state index contributed by atoms with van der Waals surface area (Å²) in [5, 5.41) is 3.82. The molecule has 106 valence electrons. The minimum Gasteiger partial charge on any atom is -0.376 e. The van der Waals surface area contributed by atoms with Crippen molar-refractivity contribution in [2.24, 2.45) is 0 Å². The number of hydrogen-bond acceptors (Lipinski definition) is 4. The van der Waals surface area contributed by atoms with E-state index in [0.717, 1.165) is 50.5 Å². The Balaban J connectivity index is 2.08. The maximum Gasteiger partial charge on any atom is 0.147 e. The van der Waals surface area contributed by atoms with E-state index in [1.165, 1.54) is 0 Å². The van der Waals surface area contributed by atoms with Crippen LogP contribution in [-0.2, 0) is 11.3 Å². The number of ether oxygens (including phenoxy) is 1. The van der Waals surface area contributed by atoms with E-state index in [4.69, 9.17) is 16.3 Å². The van der Waals surface area contributed by atoms with Crippen LogP contribution in [0.3, 0.4) is 0 Å². The summed E-state index contributed by atoms with van der Waals surface area (Å²) in [4.78, 5) is 6.70. The van der Waals surface area contributed by atoms with E-state index in [-0.39, 0.29) is 0 Å². The third-order valence-corrected chi connectivity index (χ3v) is 3.67. The number of anilines is 1. The van der Waals surface area contributed by atoms with Crippen LogP contribution in [0, 0.1) is 0 Å². The summed E-state index contributed by atoms with van der Waals surface area (Å²) >= 11 is 6.35. The molecule has 0 bridgehead atoms. The lowest BCUT2D eigenvalue weighted by Crippen LogP contribution is -2.32. The first-order valence-electron chi connectivity index (χ1n) is 6.90. The van der Waals surface area contributed by atoms with Crippen molar-refractivity contribution in [1.29, 1.82) is 0 Å². The predicted octanol–water partition coefficient (Wildman–Crippen LogP) is 2.46. The van der Waals surface area contributed by atoms with Crippen molar-refractivity contribution in [2.75, 3.05) is 31.6 Å². The molecule has 2 rings (SSSR count). The molecule has 5 heteroatoms. The molecular formula is C14H22ClN3O. The molecule has 0 radical (unpaired) electrons. The van der Waals surface area contributed by atoms with Gasteiger partial charge in [-0.05, 0) is 38.4 Å². The van der Waals surface area contributed by atoms with Crippen LogP contribution in [0.4, 0.5) is 5.82 Å². The quantitative estimate of drug-likeness (QED) is 0.870. The molecule has 0 amide bonds. The van der Waals surface area contributed by atoms with Crippen LogP contribution in [-0.4, -0.2) is 37.8 Å². The number of likely N-dealkylation sites (N-methyl/N-ethyl adjacent to an activating group) is 1. The fraction of sp³-hybridized carbons (Fsp3) is 0.643. The van der Waals surface area contributed by atoms with Gasteiger partial charge in [-0.25, -0.2) is 4.98 Å². The second-order valence-corrected chi connectivity index (χ2v) is 5.26. The standard InChI is InChI=1S/C14H22ClN3O/c1-3-18(10-12-5-4-6-19-12)14-13(15)7-11(8-16-2)9-17-14/h7,9,12,16H,3-6,8,10H2,1-2H3. The minimum absolute atomic E-state index is 0.315. The number of hydrogen-bond donors (Lipinski definition) is 1. The van der Waals surface area contributed by atoms with Crippen LogP contribution in [0.15, 0.2) is 12.3 Å². The number of rotatable bonds is 6. The summed E-state index contributed by atoms with van der Waals surface area (Å²) in [6.45, 7) is 5.54. The molecule has 19 heavy (non-hydrogen) atoms. The molecular weight excluding hydrogens is 262 g/mol. The molecule has 0 saturated carbocycles. The Morgan fingerprint density at radius 2 is 2.42 bits per heavy atom. The highest BCUT2D eigenvalue weighted by molar-refractivity contribution is 6.33. The van der Waals surface area contributed by atoms with Gasteiger partial charge >= 0.3 is 0 Å². The van der Waals surface area contributed by atoms with Crippen molar-refractivity contribution in [2.45, 2.75) is 32.4 Å². The molecule has 1 aliphatic heterocycles. The van der Waals surface area contributed by atoms with Gasteiger partial charge in [-0.3, -0.25) is 0 Å². The number of halogens is 1. The number of aromatic nitrogens is 1. The summed E-state index contributed by atoms with van der Waals surface area (Å²) in [5.41, 5.74) is 1.10. The van der Waals surface area contributed by atoms with Crippen LogP contribution in [0.5, 0.6) is 0 Å². The van der Waals surface area contributed by atoms with E-state index in [1.807, 2.05) is 19.3 Å². The van der Waals surface area contributed by atoms with Gasteiger partial charge in [0.2, 0.25) is 0 Å². The molecule has 1 atom stereocenters. The van der Waals surface area contributed by atoms with E-state index in [2.05, 4.69) is 22.1 Å². The van der Waals surface area contributed by atoms with Gasteiger partial charge in [0.25, 0.3) is 0 Å². The average molecular weight is 284 g/mol. The number of pyridine rings is 1. The first-order valence-corrected chi connectivity index (χ1v) is 7.28. The maximum absolute atomic E-state index is 6.35. The third-order valence-electron chi connectivity index (χ3n) is 3.39. The SMILES string of the molecule is CCN(CC1CCCO1)c1ncc(CNC)cc1Cl. The maximum atomic E-state index is 6.35. The lowest BCUT2D eigenvalue weighted by molar-refractivity contribution is 0.115.